The van der Waals surface area contributed by atoms with Crippen molar-refractivity contribution in [1.82, 2.24) is 4.98 Å². The molecule has 0 amide bonds. The maximum Gasteiger partial charge on any atom is 0.695 e. The third-order valence-electron chi connectivity index (χ3n) is 1.25. The van der Waals surface area contributed by atoms with Gasteiger partial charge in [-0.25, -0.2) is 4.98 Å². The topological polar surface area (TPSA) is 85.4 Å². The summed E-state index contributed by atoms with van der Waals surface area (Å²) in [5, 5.41) is 0.353. The second-order valence-electron chi connectivity index (χ2n) is 2.18. The zero-order valence-corrected chi connectivity index (χ0v) is 8.13. The van der Waals surface area contributed by atoms with Gasteiger partial charge in [-0.15, -0.1) is 9.42 Å². The fourth-order valence-electron chi connectivity index (χ4n) is 0.719. The fraction of sp³-hybridized carbons (Fsp3) is 0.167. The Morgan fingerprint density at radius 3 is 3.00 bits per heavy atom. The number of halogens is 1. The van der Waals surface area contributed by atoms with E-state index in [9.17, 15) is 4.57 Å². The van der Waals surface area contributed by atoms with Gasteiger partial charge in [-0.1, -0.05) is 11.6 Å². The summed E-state index contributed by atoms with van der Waals surface area (Å²) in [7, 11) is -2.64. The van der Waals surface area contributed by atoms with Crippen molar-refractivity contribution in [2.75, 3.05) is 5.73 Å². The molecule has 1 aromatic rings. The molecule has 0 fully saturated rings. The summed E-state index contributed by atoms with van der Waals surface area (Å²) in [6.07, 6.45) is 0. The van der Waals surface area contributed by atoms with Gasteiger partial charge in [0.1, 0.15) is 12.4 Å². The van der Waals surface area contributed by atoms with E-state index in [1.807, 2.05) is 0 Å². The average Bonchev–Trinajstić information content (AvgIpc) is 2.06. The monoisotopic (exact) mass is 221 g/mol. The predicted molar refractivity (Wildman–Crippen MR) is 48.3 cm³/mol. The molecule has 1 atom stereocenters. The minimum atomic E-state index is -2.64. The van der Waals surface area contributed by atoms with Gasteiger partial charge in [-0.3, -0.25) is 0 Å². The Balaban J connectivity index is 2.75. The van der Waals surface area contributed by atoms with E-state index in [-0.39, 0.29) is 12.4 Å². The molecule has 13 heavy (non-hydrogen) atoms. The molecule has 1 unspecified atom stereocenters. The number of nitrogens with zero attached hydrogens (tertiary/aromatic N) is 1. The summed E-state index contributed by atoms with van der Waals surface area (Å²) in [4.78, 5) is 12.2. The number of hydrogen-bond acceptors (Lipinski definition) is 4. The second-order valence-corrected chi connectivity index (χ2v) is 3.32. The van der Waals surface area contributed by atoms with Gasteiger partial charge in [0.25, 0.3) is 0 Å². The molecule has 5 nitrogen and oxygen atoms in total. The highest BCUT2D eigenvalue weighted by Crippen LogP contribution is 2.21. The lowest BCUT2D eigenvalue weighted by atomic mass is 10.3. The molecule has 7 heteroatoms. The molecule has 0 aliphatic heterocycles. The molecule has 0 aliphatic carbocycles. The quantitative estimate of drug-likeness (QED) is 0.755. The Bertz CT molecular complexity index is 334. The third-order valence-corrected chi connectivity index (χ3v) is 1.95. The summed E-state index contributed by atoms with van der Waals surface area (Å²) in [5.74, 6) is 0.288. The molecular formula is C6H7ClN2O3P+. The number of aromatic nitrogens is 1. The fourth-order valence-corrected chi connectivity index (χ4v) is 1.11. The second kappa shape index (κ2) is 4.48. The minimum absolute atomic E-state index is 0.129. The van der Waals surface area contributed by atoms with Crippen LogP contribution in [0.25, 0.3) is 0 Å². The lowest BCUT2D eigenvalue weighted by Crippen LogP contribution is -1.97. The van der Waals surface area contributed by atoms with Crippen molar-refractivity contribution in [1.29, 1.82) is 0 Å². The Morgan fingerprint density at radius 2 is 2.38 bits per heavy atom. The van der Waals surface area contributed by atoms with Gasteiger partial charge in [0, 0.05) is 4.57 Å². The maximum absolute atomic E-state index is 10.2. The standard InChI is InChI=1S/C6H6ClN2O3P/c7-4-1-2-6(8)9-5(4)3-12-13(10)11/h1-2H,3H2,(H2-,8,9,10,11)/p+1. The number of anilines is 1. The molecule has 0 saturated carbocycles. The summed E-state index contributed by atoms with van der Waals surface area (Å²) < 4.78 is 14.6. The van der Waals surface area contributed by atoms with Crippen molar-refractivity contribution in [3.05, 3.63) is 22.8 Å². The number of rotatable bonds is 3. The van der Waals surface area contributed by atoms with Crippen LogP contribution in [-0.4, -0.2) is 9.88 Å². The summed E-state index contributed by atoms with van der Waals surface area (Å²) in [6.45, 7) is -0.129. The van der Waals surface area contributed by atoms with Crippen LogP contribution in [0.4, 0.5) is 5.82 Å². The number of nitrogens with two attached hydrogens (primary N) is 1. The van der Waals surface area contributed by atoms with Crippen molar-refractivity contribution in [2.24, 2.45) is 0 Å². The Labute approximate surface area is 80.4 Å². The van der Waals surface area contributed by atoms with Crippen molar-refractivity contribution in [2.45, 2.75) is 6.61 Å². The van der Waals surface area contributed by atoms with E-state index in [1.54, 1.807) is 6.07 Å². The van der Waals surface area contributed by atoms with Crippen LogP contribution >= 0.6 is 19.9 Å². The maximum atomic E-state index is 10.2. The van der Waals surface area contributed by atoms with Crippen molar-refractivity contribution >= 4 is 25.7 Å². The van der Waals surface area contributed by atoms with Gasteiger partial charge < -0.3 is 5.73 Å². The van der Waals surface area contributed by atoms with Crippen molar-refractivity contribution in [3.63, 3.8) is 0 Å². The Hall–Kier alpha value is -0.740. The molecule has 0 aromatic carbocycles. The van der Waals surface area contributed by atoms with Gasteiger partial charge in [0.05, 0.1) is 10.7 Å². The number of nitrogen functional groups attached to an aromatic ring is 1. The molecule has 1 aromatic heterocycles. The summed E-state index contributed by atoms with van der Waals surface area (Å²) in [5.41, 5.74) is 5.72. The third kappa shape index (κ3) is 3.24. The van der Waals surface area contributed by atoms with Crippen LogP contribution in [0.3, 0.4) is 0 Å². The molecule has 70 valence electrons. The average molecular weight is 222 g/mol. The largest absolute Gasteiger partial charge is 0.695 e. The lowest BCUT2D eigenvalue weighted by Gasteiger charge is -1.99. The van der Waals surface area contributed by atoms with Crippen molar-refractivity contribution in [3.8, 4) is 0 Å². The summed E-state index contributed by atoms with van der Waals surface area (Å²) in [6, 6.07) is 3.08. The first kappa shape index (κ1) is 10.3. The van der Waals surface area contributed by atoms with Crippen LogP contribution in [-0.2, 0) is 15.7 Å². The van der Waals surface area contributed by atoms with Crippen LogP contribution in [0.15, 0.2) is 12.1 Å². The molecule has 0 saturated heterocycles. The number of hydrogen-bond donors (Lipinski definition) is 2. The first-order valence-corrected chi connectivity index (χ1v) is 4.80. The van der Waals surface area contributed by atoms with Gasteiger partial charge >= 0.3 is 8.25 Å². The molecule has 0 spiro atoms. The van der Waals surface area contributed by atoms with E-state index in [1.165, 1.54) is 6.07 Å². The molecular weight excluding hydrogens is 215 g/mol. The van der Waals surface area contributed by atoms with E-state index >= 15 is 0 Å². The number of pyridine rings is 1. The predicted octanol–water partition coefficient (Wildman–Crippen LogP) is 1.48. The van der Waals surface area contributed by atoms with Crippen molar-refractivity contribution < 1.29 is 14.0 Å². The highest BCUT2D eigenvalue weighted by molar-refractivity contribution is 7.32. The van der Waals surface area contributed by atoms with Gasteiger partial charge in [0.15, 0.2) is 0 Å². The normalized spacial score (nSPS) is 11.4. The van der Waals surface area contributed by atoms with E-state index in [4.69, 9.17) is 22.2 Å². The van der Waals surface area contributed by atoms with E-state index in [0.29, 0.717) is 10.7 Å². The zero-order valence-electron chi connectivity index (χ0n) is 6.48. The van der Waals surface area contributed by atoms with Gasteiger partial charge in [0.2, 0.25) is 0 Å². The van der Waals surface area contributed by atoms with Crippen LogP contribution in [0, 0.1) is 0 Å². The van der Waals surface area contributed by atoms with Crippen LogP contribution in [0.2, 0.25) is 5.02 Å². The van der Waals surface area contributed by atoms with Gasteiger partial charge in [-0.2, -0.15) is 0 Å². The van der Waals surface area contributed by atoms with E-state index in [2.05, 4.69) is 9.51 Å². The molecule has 1 rings (SSSR count). The Kier molecular flexibility index (Phi) is 3.57. The SMILES string of the molecule is Nc1ccc(Cl)c(CO[P+](=O)O)n1. The highest BCUT2D eigenvalue weighted by atomic mass is 35.5. The Morgan fingerprint density at radius 1 is 1.69 bits per heavy atom. The van der Waals surface area contributed by atoms with Gasteiger partial charge in [-0.05, 0) is 12.1 Å². The molecule has 3 N–H and O–H groups in total. The molecule has 0 bridgehead atoms. The first-order chi connectivity index (χ1) is 6.09. The summed E-state index contributed by atoms with van der Waals surface area (Å²) >= 11 is 5.71. The van der Waals surface area contributed by atoms with Crippen LogP contribution in [0.5, 0.6) is 0 Å². The van der Waals surface area contributed by atoms with E-state index in [0.717, 1.165) is 0 Å². The molecule has 0 aliphatic rings. The minimum Gasteiger partial charge on any atom is -0.384 e. The molecule has 0 radical (unpaired) electrons. The highest BCUT2D eigenvalue weighted by Gasteiger charge is 2.14. The first-order valence-electron chi connectivity index (χ1n) is 3.29. The smallest absolute Gasteiger partial charge is 0.384 e. The van der Waals surface area contributed by atoms with E-state index < -0.39 is 8.25 Å². The molecule has 1 heterocycles. The lowest BCUT2D eigenvalue weighted by molar-refractivity contribution is 0.269. The van der Waals surface area contributed by atoms with Crippen LogP contribution < -0.4 is 5.73 Å². The zero-order chi connectivity index (χ0) is 9.84. The van der Waals surface area contributed by atoms with Crippen LogP contribution in [0.1, 0.15) is 5.69 Å².